The molecule has 0 amide bonds. The predicted molar refractivity (Wildman–Crippen MR) is 103 cm³/mol. The molecule has 0 aromatic heterocycles. The van der Waals surface area contributed by atoms with Crippen molar-refractivity contribution in [3.8, 4) is 11.8 Å². The Morgan fingerprint density at radius 2 is 1.67 bits per heavy atom. The van der Waals surface area contributed by atoms with Gasteiger partial charge in [0.1, 0.15) is 0 Å². The average Bonchev–Trinajstić information content (AvgIpc) is 2.62. The normalized spacial score (nSPS) is 18.8. The summed E-state index contributed by atoms with van der Waals surface area (Å²) in [5.74, 6) is 7.57. The Labute approximate surface area is 151 Å². The number of unbranched alkanes of at least 4 members (excludes halogenated alkanes) is 7. The highest BCUT2D eigenvalue weighted by atomic mass is 16.7. The van der Waals surface area contributed by atoms with Crippen LogP contribution < -0.4 is 0 Å². The standard InChI is InChI=1S/C22H40O2/c1-3-21(2)17-13-11-9-7-5-4-6-8-10-12-15-19-23-22-18-14-16-20-24-22/h21-22H,3-4,6,8-20H2,1-2H3/t21-,22?/m1/s1. The van der Waals surface area contributed by atoms with Gasteiger partial charge in [0.15, 0.2) is 6.29 Å². The van der Waals surface area contributed by atoms with E-state index in [1.165, 1.54) is 70.6 Å². The second kappa shape index (κ2) is 16.0. The number of rotatable bonds is 13. The van der Waals surface area contributed by atoms with Crippen LogP contribution >= 0.6 is 0 Å². The largest absolute Gasteiger partial charge is 0.353 e. The van der Waals surface area contributed by atoms with Gasteiger partial charge in [-0.1, -0.05) is 52.4 Å². The van der Waals surface area contributed by atoms with Gasteiger partial charge >= 0.3 is 0 Å². The van der Waals surface area contributed by atoms with Gasteiger partial charge in [0.2, 0.25) is 0 Å². The lowest BCUT2D eigenvalue weighted by molar-refractivity contribution is -0.162. The van der Waals surface area contributed by atoms with Crippen molar-refractivity contribution in [2.24, 2.45) is 5.92 Å². The highest BCUT2D eigenvalue weighted by Gasteiger charge is 2.13. The average molecular weight is 337 g/mol. The zero-order chi connectivity index (χ0) is 17.3. The van der Waals surface area contributed by atoms with Crippen molar-refractivity contribution < 1.29 is 9.47 Å². The zero-order valence-corrected chi connectivity index (χ0v) is 16.3. The van der Waals surface area contributed by atoms with Crippen LogP contribution in [0.5, 0.6) is 0 Å². The van der Waals surface area contributed by atoms with Gasteiger partial charge in [-0.2, -0.15) is 0 Å². The zero-order valence-electron chi connectivity index (χ0n) is 16.3. The van der Waals surface area contributed by atoms with Gasteiger partial charge in [0.05, 0.1) is 0 Å². The van der Waals surface area contributed by atoms with E-state index >= 15 is 0 Å². The Bertz CT molecular complexity index is 323. The van der Waals surface area contributed by atoms with E-state index < -0.39 is 0 Å². The molecule has 0 aromatic carbocycles. The van der Waals surface area contributed by atoms with E-state index in [0.717, 1.165) is 38.4 Å². The summed E-state index contributed by atoms with van der Waals surface area (Å²) in [6, 6.07) is 0. The van der Waals surface area contributed by atoms with E-state index in [2.05, 4.69) is 25.7 Å². The van der Waals surface area contributed by atoms with Gasteiger partial charge in [-0.15, -0.1) is 11.8 Å². The molecule has 0 radical (unpaired) electrons. The van der Waals surface area contributed by atoms with Gasteiger partial charge in [-0.3, -0.25) is 0 Å². The molecule has 0 saturated carbocycles. The molecular formula is C22H40O2. The third kappa shape index (κ3) is 12.8. The second-order valence-corrected chi connectivity index (χ2v) is 7.30. The van der Waals surface area contributed by atoms with Gasteiger partial charge in [0.25, 0.3) is 0 Å². The molecule has 2 atom stereocenters. The molecule has 1 rings (SSSR count). The molecule has 140 valence electrons. The summed E-state index contributed by atoms with van der Waals surface area (Å²) in [4.78, 5) is 0. The molecule has 0 bridgehead atoms. The lowest BCUT2D eigenvalue weighted by atomic mass is 10.0. The van der Waals surface area contributed by atoms with Crippen molar-refractivity contribution in [2.75, 3.05) is 13.2 Å². The third-order valence-corrected chi connectivity index (χ3v) is 4.96. The minimum Gasteiger partial charge on any atom is -0.353 e. The van der Waals surface area contributed by atoms with Crippen LogP contribution in [-0.2, 0) is 9.47 Å². The minimum absolute atomic E-state index is 0.0826. The summed E-state index contributed by atoms with van der Waals surface area (Å²) in [5, 5.41) is 0. The molecule has 2 heteroatoms. The first-order chi connectivity index (χ1) is 11.8. The second-order valence-electron chi connectivity index (χ2n) is 7.30. The Morgan fingerprint density at radius 1 is 0.958 bits per heavy atom. The maximum atomic E-state index is 5.75. The molecule has 0 N–H and O–H groups in total. The van der Waals surface area contributed by atoms with Crippen molar-refractivity contribution >= 4 is 0 Å². The molecule has 1 aliphatic rings. The SMILES string of the molecule is CC[C@@H](C)CCCCC#CCCCCCCCOC1CCCCO1. The number of ether oxygens (including phenoxy) is 2. The van der Waals surface area contributed by atoms with E-state index in [1.54, 1.807) is 0 Å². The summed E-state index contributed by atoms with van der Waals surface area (Å²) >= 11 is 0. The molecule has 2 nitrogen and oxygen atoms in total. The molecule has 1 unspecified atom stereocenters. The molecule has 0 spiro atoms. The molecule has 24 heavy (non-hydrogen) atoms. The Kier molecular flexibility index (Phi) is 14.3. The fraction of sp³-hybridized carbons (Fsp3) is 0.909. The van der Waals surface area contributed by atoms with E-state index in [1.807, 2.05) is 0 Å². The monoisotopic (exact) mass is 336 g/mol. The quantitative estimate of drug-likeness (QED) is 0.283. The highest BCUT2D eigenvalue weighted by Crippen LogP contribution is 2.14. The fourth-order valence-electron chi connectivity index (χ4n) is 2.99. The fourth-order valence-corrected chi connectivity index (χ4v) is 2.99. The minimum atomic E-state index is 0.0826. The van der Waals surface area contributed by atoms with Crippen LogP contribution in [0, 0.1) is 17.8 Å². The Morgan fingerprint density at radius 3 is 2.38 bits per heavy atom. The first-order valence-corrected chi connectivity index (χ1v) is 10.5. The molecule has 1 heterocycles. The Hall–Kier alpha value is -0.520. The summed E-state index contributed by atoms with van der Waals surface area (Å²) < 4.78 is 11.3. The number of hydrogen-bond donors (Lipinski definition) is 0. The lowest BCUT2D eigenvalue weighted by Gasteiger charge is -2.22. The van der Waals surface area contributed by atoms with Crippen molar-refractivity contribution in [2.45, 2.75) is 110 Å². The van der Waals surface area contributed by atoms with Crippen molar-refractivity contribution in [1.29, 1.82) is 0 Å². The van der Waals surface area contributed by atoms with Crippen LogP contribution in [0.2, 0.25) is 0 Å². The highest BCUT2D eigenvalue weighted by molar-refractivity contribution is 4.98. The van der Waals surface area contributed by atoms with Gasteiger partial charge < -0.3 is 9.47 Å². The van der Waals surface area contributed by atoms with E-state index in [4.69, 9.17) is 9.47 Å². The van der Waals surface area contributed by atoms with Crippen LogP contribution in [0.25, 0.3) is 0 Å². The summed E-state index contributed by atoms with van der Waals surface area (Å²) in [7, 11) is 0. The molecule has 1 saturated heterocycles. The van der Waals surface area contributed by atoms with Gasteiger partial charge in [-0.25, -0.2) is 0 Å². The molecule has 1 aliphatic heterocycles. The molecule has 0 aliphatic carbocycles. The number of hydrogen-bond acceptors (Lipinski definition) is 2. The van der Waals surface area contributed by atoms with E-state index in [-0.39, 0.29) is 6.29 Å². The Balaban J connectivity index is 1.76. The van der Waals surface area contributed by atoms with Crippen molar-refractivity contribution in [3.63, 3.8) is 0 Å². The maximum Gasteiger partial charge on any atom is 0.157 e. The van der Waals surface area contributed by atoms with Crippen molar-refractivity contribution in [1.82, 2.24) is 0 Å². The van der Waals surface area contributed by atoms with Crippen LogP contribution in [0.1, 0.15) is 104 Å². The summed E-state index contributed by atoms with van der Waals surface area (Å²) in [6.07, 6.45) is 17.4. The van der Waals surface area contributed by atoms with Crippen molar-refractivity contribution in [3.05, 3.63) is 0 Å². The van der Waals surface area contributed by atoms with Crippen LogP contribution in [0.4, 0.5) is 0 Å². The van der Waals surface area contributed by atoms with Crippen LogP contribution in [0.15, 0.2) is 0 Å². The van der Waals surface area contributed by atoms with Gasteiger partial charge in [0, 0.05) is 26.1 Å². The first kappa shape index (κ1) is 21.5. The van der Waals surface area contributed by atoms with Crippen LogP contribution in [-0.4, -0.2) is 19.5 Å². The predicted octanol–water partition coefficient (Wildman–Crippen LogP) is 6.48. The van der Waals surface area contributed by atoms with E-state index in [0.29, 0.717) is 0 Å². The van der Waals surface area contributed by atoms with Crippen LogP contribution in [0.3, 0.4) is 0 Å². The summed E-state index contributed by atoms with van der Waals surface area (Å²) in [5.41, 5.74) is 0. The maximum absolute atomic E-state index is 5.75. The third-order valence-electron chi connectivity index (χ3n) is 4.96. The molecular weight excluding hydrogens is 296 g/mol. The topological polar surface area (TPSA) is 18.5 Å². The lowest BCUT2D eigenvalue weighted by Crippen LogP contribution is -2.22. The molecule has 0 aromatic rings. The first-order valence-electron chi connectivity index (χ1n) is 10.5. The molecule has 1 fully saturated rings. The summed E-state index contributed by atoms with van der Waals surface area (Å²) in [6.45, 7) is 6.37. The van der Waals surface area contributed by atoms with Gasteiger partial charge in [-0.05, 0) is 44.4 Å². The van der Waals surface area contributed by atoms with E-state index in [9.17, 15) is 0 Å². The smallest absolute Gasteiger partial charge is 0.157 e.